The fourth-order valence-corrected chi connectivity index (χ4v) is 6.39. The molecule has 7 aromatic rings. The zero-order valence-corrected chi connectivity index (χ0v) is 34.4. The summed E-state index contributed by atoms with van der Waals surface area (Å²) in [6.45, 7) is 0. The molecule has 0 spiro atoms. The monoisotopic (exact) mass is 896 g/mol. The molecule has 10 N–H and O–H groups in total. The lowest BCUT2D eigenvalue weighted by Gasteiger charge is -2.18. The molecule has 2 heterocycles. The Morgan fingerprint density at radius 1 is 0.606 bits per heavy atom. The van der Waals surface area contributed by atoms with Gasteiger partial charge in [0.1, 0.15) is 11.6 Å². The number of nitrogens with zero attached hydrogens (tertiary/aromatic N) is 5. The van der Waals surface area contributed by atoms with Gasteiger partial charge in [-0.25, -0.2) is 9.89 Å². The van der Waals surface area contributed by atoms with Crippen molar-refractivity contribution in [2.75, 3.05) is 35.5 Å². The lowest BCUT2D eigenvalue weighted by molar-refractivity contribution is -0.118. The van der Waals surface area contributed by atoms with E-state index in [4.69, 9.17) is 9.47 Å². The van der Waals surface area contributed by atoms with Crippen molar-refractivity contribution in [3.63, 3.8) is 0 Å². The highest BCUT2D eigenvalue weighted by Gasteiger charge is 2.26. The van der Waals surface area contributed by atoms with Gasteiger partial charge in [-0.05, 0) is 95.4 Å². The third-order valence-electron chi connectivity index (χ3n) is 9.74. The number of aromatic amines is 2. The average Bonchev–Trinajstić information content (AvgIpc) is 4.05. The van der Waals surface area contributed by atoms with Crippen LogP contribution in [0.1, 0.15) is 57.5 Å². The number of aromatic carboxylic acids is 1. The van der Waals surface area contributed by atoms with Crippen molar-refractivity contribution < 1.29 is 53.6 Å². The van der Waals surface area contributed by atoms with Gasteiger partial charge in [-0.1, -0.05) is 17.3 Å². The zero-order chi connectivity index (χ0) is 46.9. The number of carboxylic acids is 1. The van der Waals surface area contributed by atoms with Gasteiger partial charge in [0.15, 0.2) is 28.8 Å². The predicted octanol–water partition coefficient (Wildman–Crippen LogP) is 3.85. The number of hydrogen-bond donors (Lipinski definition) is 10. The number of nitrogens with one attached hydrogen (secondary N) is 7. The minimum Gasteiger partial charge on any atom is -0.504 e. The van der Waals surface area contributed by atoms with Crippen LogP contribution in [-0.4, -0.2) is 107 Å². The summed E-state index contributed by atoms with van der Waals surface area (Å²) in [5.41, 5.74) is 1.67. The van der Waals surface area contributed by atoms with Crippen LogP contribution in [0.25, 0.3) is 11.4 Å². The second-order valence-corrected chi connectivity index (χ2v) is 13.9. The molecule has 0 unspecified atom stereocenters. The molecule has 0 bridgehead atoms. The van der Waals surface area contributed by atoms with Crippen molar-refractivity contribution in [2.24, 2.45) is 0 Å². The van der Waals surface area contributed by atoms with E-state index in [1.807, 2.05) is 0 Å². The number of H-pyrrole nitrogens is 2. The van der Waals surface area contributed by atoms with Gasteiger partial charge in [-0.15, -0.1) is 10.2 Å². The second kappa shape index (κ2) is 19.6. The number of carboxylic acid groups (broad SMARTS) is 1. The first-order chi connectivity index (χ1) is 31.8. The molecule has 0 aliphatic heterocycles. The number of aromatic hydroxyl groups is 2. The van der Waals surface area contributed by atoms with Crippen LogP contribution in [0.3, 0.4) is 0 Å². The van der Waals surface area contributed by atoms with Crippen LogP contribution >= 0.6 is 0 Å². The van der Waals surface area contributed by atoms with Crippen LogP contribution in [0.5, 0.6) is 23.0 Å². The Kier molecular flexibility index (Phi) is 13.2. The van der Waals surface area contributed by atoms with E-state index in [0.717, 1.165) is 13.2 Å². The summed E-state index contributed by atoms with van der Waals surface area (Å²) in [6.07, 6.45) is 1.39. The van der Waals surface area contributed by atoms with Crippen LogP contribution < -0.4 is 36.1 Å². The van der Waals surface area contributed by atoms with E-state index in [2.05, 4.69) is 62.6 Å². The first kappa shape index (κ1) is 44.4. The molecule has 334 valence electrons. The van der Waals surface area contributed by atoms with Crippen molar-refractivity contribution in [3.05, 3.63) is 137 Å². The average molecular weight is 897 g/mol. The highest BCUT2D eigenvalue weighted by Crippen LogP contribution is 2.40. The molecule has 66 heavy (non-hydrogen) atoms. The van der Waals surface area contributed by atoms with Crippen LogP contribution in [0, 0.1) is 0 Å². The molecule has 0 aliphatic rings. The Hall–Kier alpha value is -9.67. The van der Waals surface area contributed by atoms with E-state index in [9.17, 15) is 44.1 Å². The number of carbonyl (C=O) groups excluding carboxylic acids is 5. The first-order valence-corrected chi connectivity index (χ1v) is 19.3. The topological polar surface area (TPSA) is 338 Å². The van der Waals surface area contributed by atoms with E-state index in [1.54, 1.807) is 36.4 Å². The number of phenolic OH excluding ortho intramolecular Hbond substituents is 1. The molecular formula is C43H36N12O11. The molecule has 5 aromatic carbocycles. The number of phenols is 2. The molecule has 2 aromatic heterocycles. The number of aromatic nitrogens is 7. The van der Waals surface area contributed by atoms with Gasteiger partial charge in [0.05, 0.1) is 43.0 Å². The Balaban J connectivity index is 0.970. The summed E-state index contributed by atoms with van der Waals surface area (Å²) < 4.78 is 10.4. The molecule has 1 atom stereocenters. The summed E-state index contributed by atoms with van der Waals surface area (Å²) in [7, 11) is 2.37. The van der Waals surface area contributed by atoms with Crippen molar-refractivity contribution >= 4 is 58.3 Å². The number of rotatable bonds is 16. The SMILES string of the molecule is COc1c(NC(=O)c2ccc(NC(=O)c3ccc(NC(=O)[C@H](Cc4cnn[nH]4)NC(=O)c4ccc(NC(=O)c5ccc(-c6nnn[nH]6)cc5)cc4)cc3)c(OC)c2O)ccc(C(=O)O)c1O. The largest absolute Gasteiger partial charge is 0.504 e. The number of hydrogen-bond acceptors (Lipinski definition) is 15. The Labute approximate surface area is 371 Å². The highest BCUT2D eigenvalue weighted by atomic mass is 16.5. The minimum absolute atomic E-state index is 0.00880. The van der Waals surface area contributed by atoms with Gasteiger partial charge in [0.25, 0.3) is 23.6 Å². The number of amides is 5. The zero-order valence-electron chi connectivity index (χ0n) is 34.4. The Morgan fingerprint density at radius 3 is 1.68 bits per heavy atom. The summed E-state index contributed by atoms with van der Waals surface area (Å²) in [5.74, 6) is -6.06. The third-order valence-corrected chi connectivity index (χ3v) is 9.74. The molecule has 7 rings (SSSR count). The van der Waals surface area contributed by atoms with Gasteiger partial charge in [-0.3, -0.25) is 29.1 Å². The van der Waals surface area contributed by atoms with Crippen LogP contribution in [0.15, 0.2) is 103 Å². The lowest BCUT2D eigenvalue weighted by atomic mass is 10.1. The number of ether oxygens (including phenoxy) is 2. The molecule has 23 nitrogen and oxygen atoms in total. The van der Waals surface area contributed by atoms with Gasteiger partial charge in [0, 0.05) is 40.0 Å². The van der Waals surface area contributed by atoms with Crippen molar-refractivity contribution in [1.29, 1.82) is 0 Å². The number of carbonyl (C=O) groups is 6. The number of benzene rings is 5. The smallest absolute Gasteiger partial charge is 0.339 e. The summed E-state index contributed by atoms with van der Waals surface area (Å²) in [4.78, 5) is 77.7. The van der Waals surface area contributed by atoms with Gasteiger partial charge >= 0.3 is 5.97 Å². The van der Waals surface area contributed by atoms with E-state index in [1.165, 1.54) is 67.9 Å². The van der Waals surface area contributed by atoms with Crippen LogP contribution in [-0.2, 0) is 11.2 Å². The van der Waals surface area contributed by atoms with Crippen molar-refractivity contribution in [1.82, 2.24) is 41.4 Å². The molecule has 0 radical (unpaired) electrons. The standard InChI is InChI=1S/C43H36N12O11/c1-65-35-30(17-15-28(33(35)56)41(61)48-31-18-16-29(43(63)64)34(57)36(31)66-2)47-39(59)23-9-13-26(14-10-23)46-42(62)32(19-27-20-44-53-50-27)49-40(60)24-7-11-25(12-8-24)45-38(58)22-5-3-21(4-6-22)37-51-54-55-52-37/h3-18,20,32,56-57H,19H2,1-2H3,(H,45,58)(H,46,62)(H,47,59)(H,48,61)(H,49,60)(H,63,64)(H,44,50,53)(H,51,52,54,55)/t32-/m0/s1. The van der Waals surface area contributed by atoms with Gasteiger partial charge < -0.3 is 51.4 Å². The second-order valence-electron chi connectivity index (χ2n) is 13.9. The van der Waals surface area contributed by atoms with E-state index < -0.39 is 52.7 Å². The van der Waals surface area contributed by atoms with Crippen molar-refractivity contribution in [2.45, 2.75) is 12.5 Å². The molecule has 5 amide bonds. The maximum Gasteiger partial charge on any atom is 0.339 e. The normalized spacial score (nSPS) is 11.1. The predicted molar refractivity (Wildman–Crippen MR) is 233 cm³/mol. The number of tetrazole rings is 1. The molecule has 0 fully saturated rings. The Bertz CT molecular complexity index is 2930. The summed E-state index contributed by atoms with van der Waals surface area (Å²) in [5, 5.41) is 67.5. The minimum atomic E-state index is -1.42. The molecule has 23 heteroatoms. The molecular weight excluding hydrogens is 861 g/mol. The highest BCUT2D eigenvalue weighted by molar-refractivity contribution is 6.11. The lowest BCUT2D eigenvalue weighted by Crippen LogP contribution is -2.45. The molecule has 0 saturated heterocycles. The fraction of sp³-hybridized carbons (Fsp3) is 0.0930. The summed E-state index contributed by atoms with van der Waals surface area (Å²) in [6, 6.07) is 22.0. The molecule has 0 saturated carbocycles. The van der Waals surface area contributed by atoms with E-state index in [0.29, 0.717) is 28.3 Å². The maximum atomic E-state index is 13.6. The number of anilines is 4. The van der Waals surface area contributed by atoms with E-state index in [-0.39, 0.29) is 57.6 Å². The maximum absolute atomic E-state index is 13.6. The Morgan fingerprint density at radius 2 is 1.14 bits per heavy atom. The summed E-state index contributed by atoms with van der Waals surface area (Å²) >= 11 is 0. The first-order valence-electron chi connectivity index (χ1n) is 19.3. The number of methoxy groups -OCH3 is 2. The quantitative estimate of drug-likeness (QED) is 0.0658. The van der Waals surface area contributed by atoms with Crippen molar-refractivity contribution in [3.8, 4) is 34.4 Å². The van der Waals surface area contributed by atoms with Crippen LogP contribution in [0.2, 0.25) is 0 Å². The van der Waals surface area contributed by atoms with Crippen LogP contribution in [0.4, 0.5) is 22.7 Å². The fourth-order valence-electron chi connectivity index (χ4n) is 6.39. The molecule has 0 aliphatic carbocycles. The third kappa shape index (κ3) is 10.00. The van der Waals surface area contributed by atoms with Gasteiger partial charge in [-0.2, -0.15) is 0 Å². The van der Waals surface area contributed by atoms with E-state index >= 15 is 0 Å². The van der Waals surface area contributed by atoms with Gasteiger partial charge in [0.2, 0.25) is 5.91 Å².